The van der Waals surface area contributed by atoms with E-state index in [4.69, 9.17) is 0 Å². The van der Waals surface area contributed by atoms with Gasteiger partial charge in [-0.3, -0.25) is 9.36 Å². The standard InChI is InChI=1S/C22H22N4O4S/c1-25-14-20(21(27)26(2)22(25)28)31(29,30)24-13-17(15-8-4-3-5-9-15)18-12-23-19-11-7-6-10-16(18)19/h3-12,14,17,23-24H,13H2,1-2H3/t17-/m0/s1. The number of rotatable bonds is 6. The van der Waals surface area contributed by atoms with E-state index in [0.29, 0.717) is 0 Å². The van der Waals surface area contributed by atoms with Gasteiger partial charge in [-0.25, -0.2) is 17.9 Å². The minimum Gasteiger partial charge on any atom is -0.361 e. The number of aromatic nitrogens is 3. The molecular weight excluding hydrogens is 416 g/mol. The summed E-state index contributed by atoms with van der Waals surface area (Å²) in [5.41, 5.74) is 1.37. The second-order valence-corrected chi connectivity index (χ2v) is 9.09. The molecule has 9 heteroatoms. The van der Waals surface area contributed by atoms with Crippen molar-refractivity contribution in [3.63, 3.8) is 0 Å². The van der Waals surface area contributed by atoms with Crippen molar-refractivity contribution < 1.29 is 8.42 Å². The van der Waals surface area contributed by atoms with Crippen molar-refractivity contribution in [2.75, 3.05) is 6.54 Å². The Hall–Kier alpha value is -3.43. The van der Waals surface area contributed by atoms with Gasteiger partial charge in [-0.15, -0.1) is 0 Å². The van der Waals surface area contributed by atoms with Crippen molar-refractivity contribution in [2.45, 2.75) is 10.8 Å². The number of H-pyrrole nitrogens is 1. The fraction of sp³-hybridized carbons (Fsp3) is 0.182. The molecule has 0 aliphatic carbocycles. The summed E-state index contributed by atoms with van der Waals surface area (Å²) in [4.78, 5) is 27.1. The van der Waals surface area contributed by atoms with Gasteiger partial charge in [-0.1, -0.05) is 48.5 Å². The Labute approximate surface area is 178 Å². The van der Waals surface area contributed by atoms with Crippen LogP contribution in [0.5, 0.6) is 0 Å². The highest BCUT2D eigenvalue weighted by atomic mass is 32.2. The Morgan fingerprint density at radius 3 is 2.42 bits per heavy atom. The molecule has 160 valence electrons. The highest BCUT2D eigenvalue weighted by Crippen LogP contribution is 2.30. The second kappa shape index (κ2) is 8.01. The van der Waals surface area contributed by atoms with E-state index in [9.17, 15) is 18.0 Å². The second-order valence-electron chi connectivity index (χ2n) is 7.36. The third kappa shape index (κ3) is 3.85. The average Bonchev–Trinajstić information content (AvgIpc) is 3.19. The summed E-state index contributed by atoms with van der Waals surface area (Å²) in [5.74, 6) is -0.288. The summed E-state index contributed by atoms with van der Waals surface area (Å²) in [6.45, 7) is 0.0419. The number of fused-ring (bicyclic) bond motifs is 1. The lowest BCUT2D eigenvalue weighted by molar-refractivity contribution is 0.567. The number of nitrogens with one attached hydrogen (secondary N) is 2. The Morgan fingerprint density at radius 2 is 1.68 bits per heavy atom. The Balaban J connectivity index is 1.74. The van der Waals surface area contributed by atoms with Gasteiger partial charge in [0.15, 0.2) is 4.90 Å². The van der Waals surface area contributed by atoms with Crippen molar-refractivity contribution in [2.24, 2.45) is 14.1 Å². The van der Waals surface area contributed by atoms with Crippen molar-refractivity contribution >= 4 is 20.9 Å². The van der Waals surface area contributed by atoms with Gasteiger partial charge in [0.05, 0.1) is 0 Å². The molecular formula is C22H22N4O4S. The highest BCUT2D eigenvalue weighted by Gasteiger charge is 2.25. The normalized spacial score (nSPS) is 12.8. The molecule has 2 N–H and O–H groups in total. The zero-order valence-corrected chi connectivity index (χ0v) is 17.9. The number of hydrogen-bond donors (Lipinski definition) is 2. The van der Waals surface area contributed by atoms with Crippen LogP contribution in [-0.2, 0) is 24.1 Å². The average molecular weight is 439 g/mol. The van der Waals surface area contributed by atoms with Gasteiger partial charge in [-0.05, 0) is 17.2 Å². The van der Waals surface area contributed by atoms with E-state index in [2.05, 4.69) is 9.71 Å². The van der Waals surface area contributed by atoms with E-state index in [1.807, 2.05) is 60.8 Å². The number of nitrogens with zero attached hydrogens (tertiary/aromatic N) is 2. The van der Waals surface area contributed by atoms with Crippen LogP contribution in [0.25, 0.3) is 10.9 Å². The van der Waals surface area contributed by atoms with Crippen molar-refractivity contribution in [1.29, 1.82) is 0 Å². The first-order valence-corrected chi connectivity index (χ1v) is 11.1. The monoisotopic (exact) mass is 438 g/mol. The van der Waals surface area contributed by atoms with Crippen LogP contribution in [0.2, 0.25) is 0 Å². The molecule has 0 saturated carbocycles. The summed E-state index contributed by atoms with van der Waals surface area (Å²) in [6.07, 6.45) is 2.93. The van der Waals surface area contributed by atoms with Crippen LogP contribution in [0.4, 0.5) is 0 Å². The summed E-state index contributed by atoms with van der Waals surface area (Å²) in [7, 11) is -1.50. The van der Waals surface area contributed by atoms with Gasteiger partial charge in [-0.2, -0.15) is 0 Å². The Morgan fingerprint density at radius 1 is 1.00 bits per heavy atom. The number of benzene rings is 2. The maximum atomic E-state index is 13.0. The zero-order chi connectivity index (χ0) is 22.2. The molecule has 4 aromatic rings. The topological polar surface area (TPSA) is 106 Å². The van der Waals surface area contributed by atoms with Gasteiger partial charge < -0.3 is 9.55 Å². The van der Waals surface area contributed by atoms with E-state index in [1.54, 1.807) is 0 Å². The number of hydrogen-bond acceptors (Lipinski definition) is 4. The van der Waals surface area contributed by atoms with Crippen LogP contribution in [0, 0.1) is 0 Å². The molecule has 2 aromatic carbocycles. The van der Waals surface area contributed by atoms with Gasteiger partial charge >= 0.3 is 5.69 Å². The van der Waals surface area contributed by atoms with Crippen molar-refractivity contribution in [1.82, 2.24) is 18.8 Å². The van der Waals surface area contributed by atoms with Crippen molar-refractivity contribution in [3.05, 3.63) is 99.0 Å². The van der Waals surface area contributed by atoms with Crippen LogP contribution in [0.1, 0.15) is 17.0 Å². The summed E-state index contributed by atoms with van der Waals surface area (Å²) >= 11 is 0. The first-order valence-electron chi connectivity index (χ1n) is 9.67. The van der Waals surface area contributed by atoms with Gasteiger partial charge in [0.25, 0.3) is 5.56 Å². The molecule has 0 aliphatic rings. The van der Waals surface area contributed by atoms with Crippen LogP contribution in [0.3, 0.4) is 0 Å². The molecule has 0 amide bonds. The predicted molar refractivity (Wildman–Crippen MR) is 119 cm³/mol. The first kappa shape index (κ1) is 20.8. The SMILES string of the molecule is Cn1cc(S(=O)(=O)NC[C@@H](c2ccccc2)c2c[nH]c3ccccc23)c(=O)n(C)c1=O. The molecule has 2 heterocycles. The van der Waals surface area contributed by atoms with E-state index in [-0.39, 0.29) is 12.5 Å². The molecule has 0 fully saturated rings. The Bertz CT molecular complexity index is 1470. The fourth-order valence-electron chi connectivity index (χ4n) is 3.71. The lowest BCUT2D eigenvalue weighted by Crippen LogP contribution is -2.42. The molecule has 0 spiro atoms. The quantitative estimate of drug-likeness (QED) is 0.478. The summed E-state index contributed by atoms with van der Waals surface area (Å²) in [5, 5.41) is 0.994. The molecule has 0 bridgehead atoms. The third-order valence-electron chi connectivity index (χ3n) is 5.38. The van der Waals surface area contributed by atoms with E-state index >= 15 is 0 Å². The number of para-hydroxylation sites is 1. The van der Waals surface area contributed by atoms with E-state index in [0.717, 1.165) is 37.4 Å². The molecule has 2 aromatic heterocycles. The molecule has 8 nitrogen and oxygen atoms in total. The molecule has 0 radical (unpaired) electrons. The zero-order valence-electron chi connectivity index (χ0n) is 17.1. The fourth-order valence-corrected chi connectivity index (χ4v) is 4.91. The van der Waals surface area contributed by atoms with Gasteiger partial charge in [0.2, 0.25) is 10.0 Å². The lowest BCUT2D eigenvalue weighted by atomic mass is 9.91. The maximum Gasteiger partial charge on any atom is 0.330 e. The third-order valence-corrected chi connectivity index (χ3v) is 6.79. The van der Waals surface area contributed by atoms with E-state index < -0.39 is 26.2 Å². The summed E-state index contributed by atoms with van der Waals surface area (Å²) in [6, 6.07) is 17.4. The van der Waals surface area contributed by atoms with Crippen LogP contribution < -0.4 is 16.0 Å². The summed E-state index contributed by atoms with van der Waals surface area (Å²) < 4.78 is 30.4. The predicted octanol–water partition coefficient (Wildman–Crippen LogP) is 1.68. The van der Waals surface area contributed by atoms with Gasteiger partial charge in [0.1, 0.15) is 0 Å². The molecule has 0 unspecified atom stereocenters. The molecule has 0 aliphatic heterocycles. The van der Waals surface area contributed by atoms with E-state index in [1.165, 1.54) is 14.1 Å². The van der Waals surface area contributed by atoms with Crippen LogP contribution >= 0.6 is 0 Å². The minimum atomic E-state index is -4.15. The smallest absolute Gasteiger partial charge is 0.330 e. The first-order chi connectivity index (χ1) is 14.8. The highest BCUT2D eigenvalue weighted by molar-refractivity contribution is 7.89. The maximum absolute atomic E-state index is 13.0. The lowest BCUT2D eigenvalue weighted by Gasteiger charge is -2.18. The largest absolute Gasteiger partial charge is 0.361 e. The minimum absolute atomic E-state index is 0.0419. The molecule has 31 heavy (non-hydrogen) atoms. The molecule has 4 rings (SSSR count). The molecule has 0 saturated heterocycles. The number of aryl methyl sites for hydroxylation is 1. The van der Waals surface area contributed by atoms with Crippen LogP contribution in [-0.4, -0.2) is 29.1 Å². The number of aromatic amines is 1. The Kier molecular flexibility index (Phi) is 5.38. The molecule has 1 atom stereocenters. The van der Waals surface area contributed by atoms with Crippen molar-refractivity contribution in [3.8, 4) is 0 Å². The van der Waals surface area contributed by atoms with Gasteiger partial charge in [0, 0.05) is 49.9 Å². The van der Waals surface area contributed by atoms with Crippen LogP contribution in [0.15, 0.2) is 81.5 Å². The number of sulfonamides is 1.